The van der Waals surface area contributed by atoms with Crippen molar-refractivity contribution in [1.82, 2.24) is 9.13 Å². The van der Waals surface area contributed by atoms with E-state index in [0.29, 0.717) is 32.2 Å². The monoisotopic (exact) mass is 613 g/mol. The van der Waals surface area contributed by atoms with Crippen LogP contribution in [0.2, 0.25) is 5.02 Å². The molecule has 0 fully saturated rings. The summed E-state index contributed by atoms with van der Waals surface area (Å²) in [6, 6.07) is 23.3. The van der Waals surface area contributed by atoms with Gasteiger partial charge in [0.15, 0.2) is 4.80 Å². The summed E-state index contributed by atoms with van der Waals surface area (Å²) in [4.78, 5) is 33.7. The summed E-state index contributed by atoms with van der Waals surface area (Å²) in [6.45, 7) is 4.48. The SMILES string of the molecule is CCOC(=O)C1=C(C)N=c2s/c(=C/c3cn(Cc4ccc(Cl)cc4)c4ccccc34)c(=O)n2[C@H]1c1ccc(SC)cc1. The van der Waals surface area contributed by atoms with E-state index in [2.05, 4.69) is 22.9 Å². The molecule has 0 spiro atoms. The second-order valence-corrected chi connectivity index (χ2v) is 12.3. The molecule has 212 valence electrons. The molecule has 0 amide bonds. The van der Waals surface area contributed by atoms with E-state index in [1.165, 1.54) is 11.3 Å². The van der Waals surface area contributed by atoms with Gasteiger partial charge in [0, 0.05) is 39.1 Å². The zero-order valence-electron chi connectivity index (χ0n) is 23.3. The standard InChI is InChI=1S/C33H28ClN3O3S2/c1-4-40-32(39)29-20(2)35-33-37(30(29)22-11-15-25(41-3)16-12-22)31(38)28(42-33)17-23-19-36(27-8-6-5-7-26(23)27)18-21-9-13-24(34)14-10-21/h5-17,19,30H,4,18H2,1-3H3/b28-17+/t30-/m0/s1. The summed E-state index contributed by atoms with van der Waals surface area (Å²) in [7, 11) is 0. The van der Waals surface area contributed by atoms with Gasteiger partial charge in [-0.25, -0.2) is 9.79 Å². The van der Waals surface area contributed by atoms with Crippen LogP contribution < -0.4 is 14.9 Å². The Hall–Kier alpha value is -3.85. The molecule has 6 nitrogen and oxygen atoms in total. The number of ether oxygens (including phenoxy) is 1. The molecule has 5 aromatic rings. The Balaban J connectivity index is 1.50. The molecule has 0 aliphatic carbocycles. The van der Waals surface area contributed by atoms with Crippen molar-refractivity contribution in [2.75, 3.05) is 12.9 Å². The van der Waals surface area contributed by atoms with Crippen LogP contribution in [0.3, 0.4) is 0 Å². The Morgan fingerprint density at radius 2 is 1.83 bits per heavy atom. The molecule has 6 rings (SSSR count). The first-order valence-electron chi connectivity index (χ1n) is 13.5. The molecule has 3 heterocycles. The third-order valence-electron chi connectivity index (χ3n) is 7.32. The summed E-state index contributed by atoms with van der Waals surface area (Å²) >= 11 is 9.06. The van der Waals surface area contributed by atoms with E-state index in [1.54, 1.807) is 30.2 Å². The van der Waals surface area contributed by atoms with Crippen LogP contribution in [0.4, 0.5) is 0 Å². The fourth-order valence-corrected chi connectivity index (χ4v) is 6.91. The number of fused-ring (bicyclic) bond motifs is 2. The maximum atomic E-state index is 14.1. The smallest absolute Gasteiger partial charge is 0.338 e. The number of carbonyl (C=O) groups is 1. The van der Waals surface area contributed by atoms with Gasteiger partial charge in [-0.3, -0.25) is 9.36 Å². The van der Waals surface area contributed by atoms with E-state index >= 15 is 0 Å². The molecule has 42 heavy (non-hydrogen) atoms. The van der Waals surface area contributed by atoms with Crippen LogP contribution in [0.5, 0.6) is 0 Å². The number of carbonyl (C=O) groups excluding carboxylic acids is 1. The predicted molar refractivity (Wildman–Crippen MR) is 171 cm³/mol. The van der Waals surface area contributed by atoms with Gasteiger partial charge in [0.2, 0.25) is 0 Å². The lowest BCUT2D eigenvalue weighted by Crippen LogP contribution is -2.39. The highest BCUT2D eigenvalue weighted by atomic mass is 35.5. The Kier molecular flexibility index (Phi) is 7.94. The van der Waals surface area contributed by atoms with Crippen LogP contribution in [-0.4, -0.2) is 28.0 Å². The minimum Gasteiger partial charge on any atom is -0.463 e. The number of para-hydroxylation sites is 1. The predicted octanol–water partition coefficient (Wildman–Crippen LogP) is 6.18. The zero-order chi connectivity index (χ0) is 29.4. The molecule has 0 saturated heterocycles. The highest BCUT2D eigenvalue weighted by Crippen LogP contribution is 2.32. The Bertz CT molecular complexity index is 2020. The number of thiazole rings is 1. The van der Waals surface area contributed by atoms with Crippen LogP contribution in [0.15, 0.2) is 105 Å². The van der Waals surface area contributed by atoms with Crippen molar-refractivity contribution < 1.29 is 9.53 Å². The van der Waals surface area contributed by atoms with Gasteiger partial charge >= 0.3 is 5.97 Å². The zero-order valence-corrected chi connectivity index (χ0v) is 25.7. The van der Waals surface area contributed by atoms with Crippen molar-refractivity contribution in [2.24, 2.45) is 4.99 Å². The number of thioether (sulfide) groups is 1. The lowest BCUT2D eigenvalue weighted by Gasteiger charge is -2.24. The summed E-state index contributed by atoms with van der Waals surface area (Å²) in [5.74, 6) is -0.461. The van der Waals surface area contributed by atoms with E-state index in [-0.39, 0.29) is 12.2 Å². The minimum absolute atomic E-state index is 0.193. The first kappa shape index (κ1) is 28.3. The lowest BCUT2D eigenvalue weighted by atomic mass is 9.96. The van der Waals surface area contributed by atoms with Crippen molar-refractivity contribution in [2.45, 2.75) is 31.3 Å². The third-order valence-corrected chi connectivity index (χ3v) is 9.30. The van der Waals surface area contributed by atoms with E-state index in [1.807, 2.05) is 73.0 Å². The molecule has 0 radical (unpaired) electrons. The topological polar surface area (TPSA) is 65.6 Å². The van der Waals surface area contributed by atoms with Crippen molar-refractivity contribution in [3.8, 4) is 0 Å². The number of halogens is 1. The lowest BCUT2D eigenvalue weighted by molar-refractivity contribution is -0.139. The number of allylic oxidation sites excluding steroid dienone is 1. The van der Waals surface area contributed by atoms with Crippen LogP contribution in [0.25, 0.3) is 17.0 Å². The number of hydrogen-bond donors (Lipinski definition) is 0. The molecule has 1 aliphatic rings. The summed E-state index contributed by atoms with van der Waals surface area (Å²) in [5, 5.41) is 1.75. The maximum absolute atomic E-state index is 14.1. The number of rotatable bonds is 7. The summed E-state index contributed by atoms with van der Waals surface area (Å²) in [5.41, 5.74) is 4.71. The van der Waals surface area contributed by atoms with Crippen LogP contribution in [0.1, 0.15) is 36.6 Å². The van der Waals surface area contributed by atoms with Crippen molar-refractivity contribution in [3.05, 3.63) is 132 Å². The molecule has 1 aliphatic heterocycles. The number of aromatic nitrogens is 2. The van der Waals surface area contributed by atoms with E-state index in [9.17, 15) is 9.59 Å². The van der Waals surface area contributed by atoms with Gasteiger partial charge in [0.05, 0.1) is 28.5 Å². The van der Waals surface area contributed by atoms with Crippen LogP contribution in [0, 0.1) is 0 Å². The molecule has 3 aromatic carbocycles. The van der Waals surface area contributed by atoms with E-state index in [0.717, 1.165) is 32.5 Å². The number of nitrogens with zero attached hydrogens (tertiary/aromatic N) is 3. The van der Waals surface area contributed by atoms with E-state index < -0.39 is 12.0 Å². The fourth-order valence-electron chi connectivity index (χ4n) is 5.34. The summed E-state index contributed by atoms with van der Waals surface area (Å²) in [6.07, 6.45) is 6.02. The van der Waals surface area contributed by atoms with Crippen LogP contribution in [-0.2, 0) is 16.1 Å². The first-order chi connectivity index (χ1) is 20.4. The Morgan fingerprint density at radius 1 is 1.10 bits per heavy atom. The molecule has 1 atom stereocenters. The number of hydrogen-bond acceptors (Lipinski definition) is 6. The number of benzene rings is 3. The van der Waals surface area contributed by atoms with Gasteiger partial charge in [-0.05, 0) is 67.6 Å². The second-order valence-electron chi connectivity index (χ2n) is 9.93. The highest BCUT2D eigenvalue weighted by molar-refractivity contribution is 7.98. The van der Waals surface area contributed by atoms with Gasteiger partial charge in [0.1, 0.15) is 0 Å². The molecular weight excluding hydrogens is 586 g/mol. The molecule has 0 bridgehead atoms. The quantitative estimate of drug-likeness (QED) is 0.163. The molecular formula is C33H28ClN3O3S2. The Morgan fingerprint density at radius 3 is 2.55 bits per heavy atom. The maximum Gasteiger partial charge on any atom is 0.338 e. The molecule has 0 N–H and O–H groups in total. The van der Waals surface area contributed by atoms with Gasteiger partial charge in [-0.1, -0.05) is 65.4 Å². The number of esters is 1. The van der Waals surface area contributed by atoms with Gasteiger partial charge < -0.3 is 9.30 Å². The van der Waals surface area contributed by atoms with E-state index in [4.69, 9.17) is 21.3 Å². The van der Waals surface area contributed by atoms with Crippen LogP contribution >= 0.6 is 34.7 Å². The van der Waals surface area contributed by atoms with Gasteiger partial charge in [-0.2, -0.15) is 0 Å². The largest absolute Gasteiger partial charge is 0.463 e. The first-order valence-corrected chi connectivity index (χ1v) is 16.0. The molecule has 2 aromatic heterocycles. The average molecular weight is 614 g/mol. The average Bonchev–Trinajstić information content (AvgIpc) is 3.50. The minimum atomic E-state index is -0.635. The van der Waals surface area contributed by atoms with Crippen molar-refractivity contribution >= 4 is 57.6 Å². The van der Waals surface area contributed by atoms with Crippen molar-refractivity contribution in [1.29, 1.82) is 0 Å². The van der Waals surface area contributed by atoms with Gasteiger partial charge in [-0.15, -0.1) is 11.8 Å². The fraction of sp³-hybridized carbons (Fsp3) is 0.182. The second kappa shape index (κ2) is 11.8. The van der Waals surface area contributed by atoms with Crippen molar-refractivity contribution in [3.63, 3.8) is 0 Å². The normalized spacial score (nSPS) is 15.1. The van der Waals surface area contributed by atoms with Gasteiger partial charge in [0.25, 0.3) is 5.56 Å². The summed E-state index contributed by atoms with van der Waals surface area (Å²) < 4.78 is 9.79. The molecule has 9 heteroatoms. The third kappa shape index (κ3) is 5.26. The Labute approximate surface area is 256 Å². The molecule has 0 unspecified atom stereocenters. The molecule has 0 saturated carbocycles. The highest BCUT2D eigenvalue weighted by Gasteiger charge is 2.33.